The fourth-order valence-corrected chi connectivity index (χ4v) is 6.76. The summed E-state index contributed by atoms with van der Waals surface area (Å²) in [6.07, 6.45) is 31.3. The van der Waals surface area contributed by atoms with Crippen molar-refractivity contribution in [1.29, 1.82) is 0 Å². The van der Waals surface area contributed by atoms with E-state index in [9.17, 15) is 19.8 Å². The molecule has 0 heterocycles. The van der Waals surface area contributed by atoms with E-state index in [0.29, 0.717) is 61.2 Å². The zero-order chi connectivity index (χ0) is 37.0. The molecule has 0 bridgehead atoms. The topological polar surface area (TPSA) is 93.1 Å². The van der Waals surface area contributed by atoms with E-state index in [4.69, 9.17) is 9.47 Å². The van der Waals surface area contributed by atoms with Gasteiger partial charge in [0.25, 0.3) is 0 Å². The zero-order valence-electron chi connectivity index (χ0n) is 33.9. The van der Waals surface area contributed by atoms with Crippen molar-refractivity contribution in [3.8, 4) is 0 Å². The molecule has 0 saturated carbocycles. The number of hydrogen-bond donors (Lipinski definition) is 2. The van der Waals surface area contributed by atoms with Crippen molar-refractivity contribution in [2.75, 3.05) is 79.8 Å². The molecule has 298 valence electrons. The molecule has 0 aromatic carbocycles. The Morgan fingerprint density at radius 3 is 0.940 bits per heavy atom. The summed E-state index contributed by atoms with van der Waals surface area (Å²) in [6, 6.07) is 0. The number of unbranched alkanes of at least 4 members (excludes halogenated alkanes) is 22. The number of esters is 2. The third-order valence-electron chi connectivity index (χ3n) is 10.7. The second kappa shape index (κ2) is 34.8. The Hall–Kier alpha value is -1.22. The van der Waals surface area contributed by atoms with Gasteiger partial charge in [-0.1, -0.05) is 155 Å². The highest BCUT2D eigenvalue weighted by molar-refractivity contribution is 5.70. The predicted octanol–water partition coefficient (Wildman–Crippen LogP) is 9.13. The van der Waals surface area contributed by atoms with Crippen LogP contribution in [0.15, 0.2) is 0 Å². The van der Waals surface area contributed by atoms with E-state index in [1.165, 1.54) is 128 Å². The molecule has 50 heavy (non-hydrogen) atoms. The minimum atomic E-state index is -0.171. The number of hydrogen-bond acceptors (Lipinski definition) is 6. The summed E-state index contributed by atoms with van der Waals surface area (Å²) in [5, 5.41) is 19.2. The second-order valence-electron chi connectivity index (χ2n) is 15.7. The highest BCUT2D eigenvalue weighted by atomic mass is 16.5. The summed E-state index contributed by atoms with van der Waals surface area (Å²) in [7, 11) is 4.14. The Morgan fingerprint density at radius 1 is 0.400 bits per heavy atom. The van der Waals surface area contributed by atoms with Crippen LogP contribution >= 0.6 is 0 Å². The van der Waals surface area contributed by atoms with E-state index >= 15 is 0 Å². The largest absolute Gasteiger partial charge is 0.466 e. The number of quaternary nitrogens is 2. The fourth-order valence-electron chi connectivity index (χ4n) is 6.76. The third kappa shape index (κ3) is 31.5. The van der Waals surface area contributed by atoms with E-state index in [2.05, 4.69) is 20.9 Å². The molecule has 0 aromatic heterocycles. The van der Waals surface area contributed by atoms with Gasteiger partial charge in [-0.05, 0) is 12.8 Å². The smallest absolute Gasteiger partial charge is 0.311 e. The van der Waals surface area contributed by atoms with Gasteiger partial charge in [-0.15, -0.1) is 0 Å². The average Bonchev–Trinajstić information content (AvgIpc) is 3.10. The van der Waals surface area contributed by atoms with Crippen LogP contribution in [0.25, 0.3) is 0 Å². The standard InChI is InChI=1S/C42H86N2O6/c1-5-7-9-11-13-15-17-19-21-23-25-27-39-49-41(47)29-31-43(3,33-34-44(4,35-37-45)36-38-46)32-30-42(48)50-40-28-26-24-22-20-18-16-14-12-10-8-6-2/h45-46H,5-40H2,1-4H3/q+2. The number of likely N-dealkylation sites (N-methyl/N-ethyl adjacent to an activating group) is 2. The van der Waals surface area contributed by atoms with Gasteiger partial charge in [0.15, 0.2) is 0 Å². The lowest BCUT2D eigenvalue weighted by molar-refractivity contribution is -0.963. The minimum Gasteiger partial charge on any atom is -0.466 e. The van der Waals surface area contributed by atoms with Gasteiger partial charge >= 0.3 is 11.9 Å². The van der Waals surface area contributed by atoms with Crippen LogP contribution in [0, 0.1) is 0 Å². The lowest BCUT2D eigenvalue weighted by atomic mass is 10.1. The van der Waals surface area contributed by atoms with Crippen molar-refractivity contribution in [2.45, 2.75) is 181 Å². The van der Waals surface area contributed by atoms with Gasteiger partial charge in [-0.3, -0.25) is 9.59 Å². The maximum Gasteiger partial charge on any atom is 0.311 e. The van der Waals surface area contributed by atoms with Crippen molar-refractivity contribution in [3.63, 3.8) is 0 Å². The molecule has 0 atom stereocenters. The molecule has 0 aliphatic carbocycles. The highest BCUT2D eigenvalue weighted by Crippen LogP contribution is 2.15. The molecular weight excluding hydrogens is 628 g/mol. The van der Waals surface area contributed by atoms with Crippen LogP contribution in [0.1, 0.15) is 181 Å². The Bertz CT molecular complexity index is 713. The van der Waals surface area contributed by atoms with Crippen molar-refractivity contribution in [3.05, 3.63) is 0 Å². The second-order valence-corrected chi connectivity index (χ2v) is 15.7. The van der Waals surface area contributed by atoms with E-state index in [-0.39, 0.29) is 25.2 Å². The monoisotopic (exact) mass is 715 g/mol. The summed E-state index contributed by atoms with van der Waals surface area (Å²) in [5.74, 6) is -0.343. The van der Waals surface area contributed by atoms with Crippen LogP contribution in [0.3, 0.4) is 0 Å². The number of ether oxygens (including phenoxy) is 2. The van der Waals surface area contributed by atoms with Crippen LogP contribution in [-0.2, 0) is 19.1 Å². The summed E-state index contributed by atoms with van der Waals surface area (Å²) < 4.78 is 12.3. The molecular formula is C42H86N2O6+2. The fraction of sp³-hybridized carbons (Fsp3) is 0.952. The van der Waals surface area contributed by atoms with Crippen molar-refractivity contribution in [1.82, 2.24) is 0 Å². The quantitative estimate of drug-likeness (QED) is 0.0375. The maximum absolute atomic E-state index is 12.7. The Morgan fingerprint density at radius 2 is 0.660 bits per heavy atom. The van der Waals surface area contributed by atoms with Gasteiger partial charge < -0.3 is 28.7 Å². The minimum absolute atomic E-state index is 0.0527. The number of carbonyl (C=O) groups excluding carboxylic acids is 2. The third-order valence-corrected chi connectivity index (χ3v) is 10.7. The van der Waals surface area contributed by atoms with Gasteiger partial charge in [0.2, 0.25) is 0 Å². The lowest BCUT2D eigenvalue weighted by Crippen LogP contribution is -2.57. The zero-order valence-corrected chi connectivity index (χ0v) is 33.9. The van der Waals surface area contributed by atoms with Crippen LogP contribution in [0.5, 0.6) is 0 Å². The molecule has 2 N–H and O–H groups in total. The number of rotatable bonds is 39. The predicted molar refractivity (Wildman–Crippen MR) is 209 cm³/mol. The van der Waals surface area contributed by atoms with Gasteiger partial charge in [0.05, 0.1) is 66.5 Å². The van der Waals surface area contributed by atoms with Crippen LogP contribution in [0.2, 0.25) is 0 Å². The highest BCUT2D eigenvalue weighted by Gasteiger charge is 2.30. The molecule has 0 aliphatic rings. The molecule has 0 aromatic rings. The summed E-state index contributed by atoms with van der Waals surface area (Å²) in [6.45, 7) is 9.34. The normalized spacial score (nSPS) is 12.0. The Balaban J connectivity index is 4.41. The number of aliphatic hydroxyl groups excluding tert-OH is 2. The van der Waals surface area contributed by atoms with E-state index in [0.717, 1.165) is 38.8 Å². The first-order valence-corrected chi connectivity index (χ1v) is 21.4. The molecule has 0 saturated heterocycles. The van der Waals surface area contributed by atoms with Gasteiger partial charge in [0, 0.05) is 0 Å². The molecule has 8 heteroatoms. The summed E-state index contributed by atoms with van der Waals surface area (Å²) in [4.78, 5) is 25.4. The van der Waals surface area contributed by atoms with Gasteiger partial charge in [-0.25, -0.2) is 0 Å². The van der Waals surface area contributed by atoms with Crippen molar-refractivity contribution >= 4 is 11.9 Å². The first-order chi connectivity index (χ1) is 24.2. The summed E-state index contributed by atoms with van der Waals surface area (Å²) in [5.41, 5.74) is 0. The maximum atomic E-state index is 12.7. The first-order valence-electron chi connectivity index (χ1n) is 21.4. The lowest BCUT2D eigenvalue weighted by Gasteiger charge is -2.39. The average molecular weight is 715 g/mol. The van der Waals surface area contributed by atoms with Gasteiger partial charge in [0.1, 0.15) is 26.2 Å². The van der Waals surface area contributed by atoms with E-state index in [1.807, 2.05) is 7.05 Å². The molecule has 0 radical (unpaired) electrons. The first kappa shape index (κ1) is 48.8. The Labute approximate surface area is 310 Å². The van der Waals surface area contributed by atoms with Crippen LogP contribution in [0.4, 0.5) is 0 Å². The number of nitrogens with zero attached hydrogens (tertiary/aromatic N) is 2. The summed E-state index contributed by atoms with van der Waals surface area (Å²) >= 11 is 0. The van der Waals surface area contributed by atoms with Crippen LogP contribution < -0.4 is 0 Å². The van der Waals surface area contributed by atoms with E-state index < -0.39 is 0 Å². The number of aliphatic hydroxyl groups is 2. The Kier molecular flexibility index (Phi) is 34.0. The van der Waals surface area contributed by atoms with E-state index in [1.54, 1.807) is 0 Å². The molecule has 0 unspecified atom stereocenters. The van der Waals surface area contributed by atoms with Crippen molar-refractivity contribution in [2.24, 2.45) is 0 Å². The molecule has 0 rings (SSSR count). The molecule has 0 spiro atoms. The SMILES string of the molecule is CCCCCCCCCCCCCCOC(=O)CC[N+](C)(CCC(=O)OCCCCCCCCCCCCCC)CC[N+](C)(CCO)CCO. The molecule has 0 fully saturated rings. The van der Waals surface area contributed by atoms with Crippen LogP contribution in [-0.4, -0.2) is 111 Å². The molecule has 0 aliphatic heterocycles. The van der Waals surface area contributed by atoms with Gasteiger partial charge in [-0.2, -0.15) is 0 Å². The number of carbonyl (C=O) groups is 2. The molecule has 8 nitrogen and oxygen atoms in total. The molecule has 0 amide bonds. The van der Waals surface area contributed by atoms with Crippen molar-refractivity contribution < 1.29 is 38.2 Å².